The molecule has 0 spiro atoms. The Morgan fingerprint density at radius 1 is 0.400 bits per heavy atom. The van der Waals surface area contributed by atoms with E-state index in [2.05, 4.69) is 34.1 Å². The lowest BCUT2D eigenvalue weighted by atomic mass is 10.1. The minimum absolute atomic E-state index is 0.621. The first-order valence-corrected chi connectivity index (χ1v) is 13.1. The van der Waals surface area contributed by atoms with Crippen molar-refractivity contribution < 1.29 is 9.47 Å². The maximum atomic E-state index is 6.27. The summed E-state index contributed by atoms with van der Waals surface area (Å²) >= 11 is 0. The number of benzene rings is 5. The molecule has 40 heavy (non-hydrogen) atoms. The summed E-state index contributed by atoms with van der Waals surface area (Å²) in [6.07, 6.45) is 0. The molecule has 6 nitrogen and oxygen atoms in total. The molecule has 6 heteroatoms. The first kappa shape index (κ1) is 22.4. The molecule has 0 aliphatic carbocycles. The maximum absolute atomic E-state index is 6.27. The van der Waals surface area contributed by atoms with Crippen LogP contribution in [0.5, 0.6) is 23.0 Å². The highest BCUT2D eigenvalue weighted by Crippen LogP contribution is 2.53. The van der Waals surface area contributed by atoms with Gasteiger partial charge in [-0.3, -0.25) is 9.80 Å². The lowest BCUT2D eigenvalue weighted by Crippen LogP contribution is -2.20. The molecule has 0 unspecified atom stereocenters. The largest absolute Gasteiger partial charge is 0.453 e. The molecule has 6 aromatic rings. The Morgan fingerprint density at radius 3 is 1.15 bits per heavy atom. The summed E-state index contributed by atoms with van der Waals surface area (Å²) in [5.74, 6) is 5.15. The third-order valence-electron chi connectivity index (χ3n) is 7.05. The summed E-state index contributed by atoms with van der Waals surface area (Å²) < 4.78 is 12.5. The molecule has 0 N–H and O–H groups in total. The van der Waals surface area contributed by atoms with E-state index in [1.54, 1.807) is 0 Å². The molecule has 0 saturated heterocycles. The zero-order chi connectivity index (χ0) is 26.5. The molecule has 2 aliphatic rings. The van der Waals surface area contributed by atoms with Gasteiger partial charge in [-0.25, -0.2) is 9.97 Å². The van der Waals surface area contributed by atoms with Crippen LogP contribution in [0.4, 0.5) is 34.4 Å². The molecule has 1 aromatic heterocycles. The number of fused-ring (bicyclic) bond motifs is 4. The van der Waals surface area contributed by atoms with Gasteiger partial charge in [0, 0.05) is 11.6 Å². The lowest BCUT2D eigenvalue weighted by Gasteiger charge is -2.34. The average Bonchev–Trinajstić information content (AvgIpc) is 3.02. The van der Waals surface area contributed by atoms with Gasteiger partial charge in [-0.15, -0.1) is 0 Å². The van der Waals surface area contributed by atoms with E-state index >= 15 is 0 Å². The number of aromatic nitrogens is 2. The Hall–Kier alpha value is -5.62. The van der Waals surface area contributed by atoms with E-state index in [-0.39, 0.29) is 0 Å². The summed E-state index contributed by atoms with van der Waals surface area (Å²) in [7, 11) is 0. The number of rotatable bonds is 3. The van der Waals surface area contributed by atoms with Gasteiger partial charge in [-0.05, 0) is 48.5 Å². The van der Waals surface area contributed by atoms with Crippen molar-refractivity contribution in [3.05, 3.63) is 133 Å². The van der Waals surface area contributed by atoms with E-state index in [9.17, 15) is 0 Å². The normalized spacial score (nSPS) is 12.8. The summed E-state index contributed by atoms with van der Waals surface area (Å²) in [5.41, 5.74) is 4.57. The van der Waals surface area contributed by atoms with Crippen LogP contribution in [0.1, 0.15) is 0 Å². The first-order chi connectivity index (χ1) is 19.8. The topological polar surface area (TPSA) is 50.7 Å². The fourth-order valence-electron chi connectivity index (χ4n) is 5.27. The smallest absolute Gasteiger partial charge is 0.163 e. The average molecular weight is 519 g/mol. The summed E-state index contributed by atoms with van der Waals surface area (Å²) in [6.45, 7) is 0. The minimum atomic E-state index is 0.621. The predicted octanol–water partition coefficient (Wildman–Crippen LogP) is 9.29. The SMILES string of the molecule is c1ccc(-c2nc(N3c4ccccc4Oc4ccccc43)cc(N3c4ccccc4Oc4ccccc43)n2)cc1. The number of anilines is 6. The van der Waals surface area contributed by atoms with Crippen molar-refractivity contribution in [2.75, 3.05) is 9.80 Å². The maximum Gasteiger partial charge on any atom is 0.163 e. The summed E-state index contributed by atoms with van der Waals surface area (Å²) in [5, 5.41) is 0. The van der Waals surface area contributed by atoms with Gasteiger partial charge >= 0.3 is 0 Å². The highest BCUT2D eigenvalue weighted by Gasteiger charge is 2.30. The molecule has 0 amide bonds. The monoisotopic (exact) mass is 518 g/mol. The molecule has 0 fully saturated rings. The Bertz CT molecular complexity index is 1680. The zero-order valence-electron chi connectivity index (χ0n) is 21.3. The van der Waals surface area contributed by atoms with Gasteiger partial charge in [0.2, 0.25) is 0 Å². The van der Waals surface area contributed by atoms with Crippen molar-refractivity contribution in [1.29, 1.82) is 0 Å². The van der Waals surface area contributed by atoms with Gasteiger partial charge in [0.15, 0.2) is 28.8 Å². The summed E-state index contributed by atoms with van der Waals surface area (Å²) in [4.78, 5) is 14.6. The van der Waals surface area contributed by atoms with Crippen molar-refractivity contribution in [3.8, 4) is 34.4 Å². The second-order valence-corrected chi connectivity index (χ2v) is 9.52. The third kappa shape index (κ3) is 3.58. The van der Waals surface area contributed by atoms with Gasteiger partial charge < -0.3 is 9.47 Å². The highest BCUT2D eigenvalue weighted by molar-refractivity contribution is 5.89. The third-order valence-corrected chi connectivity index (χ3v) is 7.05. The Balaban J connectivity index is 1.40. The van der Waals surface area contributed by atoms with Crippen molar-refractivity contribution in [3.63, 3.8) is 0 Å². The molecule has 0 radical (unpaired) electrons. The first-order valence-electron chi connectivity index (χ1n) is 13.1. The molecule has 3 heterocycles. The molecular weight excluding hydrogens is 496 g/mol. The van der Waals surface area contributed by atoms with E-state index in [1.165, 1.54) is 0 Å². The van der Waals surface area contributed by atoms with Gasteiger partial charge in [0.1, 0.15) is 11.6 Å². The molecule has 0 atom stereocenters. The van der Waals surface area contributed by atoms with Crippen LogP contribution >= 0.6 is 0 Å². The van der Waals surface area contributed by atoms with E-state index < -0.39 is 0 Å². The second-order valence-electron chi connectivity index (χ2n) is 9.52. The number of ether oxygens (including phenoxy) is 2. The van der Waals surface area contributed by atoms with Crippen molar-refractivity contribution in [2.45, 2.75) is 0 Å². The van der Waals surface area contributed by atoms with Crippen molar-refractivity contribution in [2.24, 2.45) is 0 Å². The van der Waals surface area contributed by atoms with Crippen LogP contribution in [0.25, 0.3) is 11.4 Å². The van der Waals surface area contributed by atoms with Crippen LogP contribution in [0.3, 0.4) is 0 Å². The fourth-order valence-corrected chi connectivity index (χ4v) is 5.27. The molecule has 5 aromatic carbocycles. The molecule has 0 saturated carbocycles. The second kappa shape index (κ2) is 8.99. The Morgan fingerprint density at radius 2 is 0.750 bits per heavy atom. The fraction of sp³-hybridized carbons (Fsp3) is 0. The number of nitrogens with zero attached hydrogens (tertiary/aromatic N) is 4. The van der Waals surface area contributed by atoms with Crippen LogP contribution in [-0.2, 0) is 0 Å². The van der Waals surface area contributed by atoms with Gasteiger partial charge in [0.25, 0.3) is 0 Å². The highest BCUT2D eigenvalue weighted by atomic mass is 16.5. The van der Waals surface area contributed by atoms with Gasteiger partial charge in [0.05, 0.1) is 22.7 Å². The van der Waals surface area contributed by atoms with Crippen molar-refractivity contribution >= 4 is 34.4 Å². The van der Waals surface area contributed by atoms with Crippen LogP contribution in [0.2, 0.25) is 0 Å². The van der Waals surface area contributed by atoms with E-state index in [1.807, 2.05) is 109 Å². The molecule has 0 bridgehead atoms. The quantitative estimate of drug-likeness (QED) is 0.232. The van der Waals surface area contributed by atoms with E-state index in [0.717, 1.165) is 62.9 Å². The number of hydrogen-bond acceptors (Lipinski definition) is 6. The number of hydrogen-bond donors (Lipinski definition) is 0. The van der Waals surface area contributed by atoms with Crippen molar-refractivity contribution in [1.82, 2.24) is 9.97 Å². The lowest BCUT2D eigenvalue weighted by molar-refractivity contribution is 0.476. The van der Waals surface area contributed by atoms with Gasteiger partial charge in [-0.2, -0.15) is 0 Å². The Labute approximate surface area is 231 Å². The number of para-hydroxylation sites is 8. The minimum Gasteiger partial charge on any atom is -0.453 e. The zero-order valence-corrected chi connectivity index (χ0v) is 21.3. The van der Waals surface area contributed by atoms with Gasteiger partial charge in [-0.1, -0.05) is 78.9 Å². The van der Waals surface area contributed by atoms with Crippen LogP contribution in [-0.4, -0.2) is 9.97 Å². The predicted molar refractivity (Wildman–Crippen MR) is 157 cm³/mol. The van der Waals surface area contributed by atoms with E-state index in [0.29, 0.717) is 5.82 Å². The molecule has 8 rings (SSSR count). The molecule has 2 aliphatic heterocycles. The summed E-state index contributed by atoms with van der Waals surface area (Å²) in [6, 6.07) is 44.2. The van der Waals surface area contributed by atoms with Crippen LogP contribution in [0.15, 0.2) is 133 Å². The Kier molecular flexibility index (Phi) is 5.03. The molecular formula is C34H22N4O2. The van der Waals surface area contributed by atoms with E-state index in [4.69, 9.17) is 19.4 Å². The standard InChI is InChI=1S/C34H22N4O2/c1-2-12-23(13-3-1)34-35-32(37-24-14-4-8-18-28(24)39-29-19-9-5-15-25(29)37)22-33(36-34)38-26-16-6-10-20-30(26)40-31-21-11-7-17-27(31)38/h1-22H. The van der Waals surface area contributed by atoms with Crippen LogP contribution < -0.4 is 19.3 Å². The molecule has 190 valence electrons. The van der Waals surface area contributed by atoms with Crippen LogP contribution in [0, 0.1) is 0 Å².